The summed E-state index contributed by atoms with van der Waals surface area (Å²) in [6, 6.07) is 0. The van der Waals surface area contributed by atoms with Crippen molar-refractivity contribution in [3.63, 3.8) is 0 Å². The molecule has 0 spiro atoms. The van der Waals surface area contributed by atoms with Crippen LogP contribution in [0.1, 0.15) is 1.37 Å². The van der Waals surface area contributed by atoms with Gasteiger partial charge in [0.1, 0.15) is 1.37 Å². The number of hydrogen-bond acceptors (Lipinski definition) is 0. The van der Waals surface area contributed by atoms with Crippen molar-refractivity contribution in [2.75, 3.05) is 0 Å². The van der Waals surface area contributed by atoms with Gasteiger partial charge in [-0.25, -0.2) is 0 Å². The van der Waals surface area contributed by atoms with Crippen LogP contribution in [-0.4, -0.2) is 0 Å². The van der Waals surface area contributed by atoms with E-state index in [2.05, 4.69) is 23.7 Å². The molecule has 26 valence electrons. The van der Waals surface area contributed by atoms with Gasteiger partial charge in [0, 0.05) is 0 Å². The predicted molar refractivity (Wildman–Crippen MR) is 25.4 cm³/mol. The summed E-state index contributed by atoms with van der Waals surface area (Å²) in [4.78, 5) is 0. The van der Waals surface area contributed by atoms with Crippen LogP contribution in [0.15, 0.2) is 0 Å². The van der Waals surface area contributed by atoms with E-state index in [-0.39, 0.29) is 0 Å². The van der Waals surface area contributed by atoms with Crippen molar-refractivity contribution in [2.45, 2.75) is 0 Å². The summed E-state index contributed by atoms with van der Waals surface area (Å²) < 4.78 is 6.25. The Hall–Kier alpha value is -1.32. The molecule has 0 N–H and O–H groups in total. The Balaban J connectivity index is 3.68. The fourth-order valence-electron chi connectivity index (χ4n) is 0.0673. The largest absolute Gasteiger partial charge is 0.125 e. The molecular formula is C6H2. The first-order valence-corrected chi connectivity index (χ1v) is 1.29. The third-order valence-corrected chi connectivity index (χ3v) is 0.197. The number of hydrogen-bond donors (Lipinski definition) is 0. The maximum atomic E-state index is 6.25. The van der Waals surface area contributed by atoms with E-state index in [4.69, 9.17) is 7.79 Å². The van der Waals surface area contributed by atoms with Crippen LogP contribution in [0, 0.1) is 36.5 Å². The molecule has 0 amide bonds. The minimum Gasteiger partial charge on any atom is -0.106 e. The topological polar surface area (TPSA) is 0 Å². The van der Waals surface area contributed by atoms with Gasteiger partial charge < -0.3 is 0 Å². The monoisotopic (exact) mass is 75.0 g/mol. The van der Waals surface area contributed by atoms with Crippen LogP contribution < -0.4 is 0 Å². The fraction of sp³-hybridized carbons (Fsp3) is 0. The van der Waals surface area contributed by atoms with Crippen LogP contribution in [0.3, 0.4) is 0 Å². The van der Waals surface area contributed by atoms with Gasteiger partial charge in [-0.2, -0.15) is 0 Å². The molecule has 0 aromatic rings. The summed E-state index contributed by atoms with van der Waals surface area (Å²) in [6.45, 7) is 0. The average Bonchev–Trinajstić information content (AvgIpc) is 1.69. The van der Waals surface area contributed by atoms with Crippen molar-refractivity contribution in [3.8, 4) is 36.5 Å². The smallest absolute Gasteiger partial charge is 0.106 e. The summed E-state index contributed by atoms with van der Waals surface area (Å²) in [5.41, 5.74) is 0. The molecule has 0 aliphatic carbocycles. The van der Waals surface area contributed by atoms with E-state index < -0.39 is 0 Å². The lowest BCUT2D eigenvalue weighted by molar-refractivity contribution is 2.47. The molecule has 0 rings (SSSR count). The highest BCUT2D eigenvalue weighted by Crippen LogP contribution is 1.42. The highest BCUT2D eigenvalue weighted by molar-refractivity contribution is 5.31. The van der Waals surface area contributed by atoms with E-state index >= 15 is 0 Å². The summed E-state index contributed by atoms with van der Waals surface area (Å²) in [7, 11) is 0. The molecule has 0 aromatic carbocycles. The lowest BCUT2D eigenvalue weighted by Crippen LogP contribution is -1.42. The van der Waals surface area contributed by atoms with E-state index in [1.165, 1.54) is 0 Å². The van der Waals surface area contributed by atoms with Gasteiger partial charge in [0.15, 0.2) is 0 Å². The predicted octanol–water partition coefficient (Wildman–Crippen LogP) is 0.256. The first-order valence-electron chi connectivity index (χ1n) is 1.79. The molecule has 0 nitrogen and oxygen atoms in total. The standard InChI is InChI=1S/C6H2/c1-3-5-6-4-2/h1-2H/i1D. The molecule has 0 atom stereocenters. The summed E-state index contributed by atoms with van der Waals surface area (Å²) >= 11 is 0. The van der Waals surface area contributed by atoms with Crippen molar-refractivity contribution < 1.29 is 1.37 Å². The molecule has 0 fully saturated rings. The molecule has 0 saturated heterocycles. The summed E-state index contributed by atoms with van der Waals surface area (Å²) in [5, 5.41) is 0. The third-order valence-electron chi connectivity index (χ3n) is 0.197. The van der Waals surface area contributed by atoms with Gasteiger partial charge in [0.2, 0.25) is 0 Å². The first-order chi connectivity index (χ1) is 3.41. The van der Waals surface area contributed by atoms with E-state index in [9.17, 15) is 0 Å². The van der Waals surface area contributed by atoms with Crippen molar-refractivity contribution >= 4 is 0 Å². The van der Waals surface area contributed by atoms with Gasteiger partial charge in [0.25, 0.3) is 0 Å². The van der Waals surface area contributed by atoms with Crippen LogP contribution in [-0.2, 0) is 0 Å². The van der Waals surface area contributed by atoms with E-state index in [0.717, 1.165) is 0 Å². The molecule has 0 heterocycles. The highest BCUT2D eigenvalue weighted by Gasteiger charge is 1.41. The van der Waals surface area contributed by atoms with E-state index in [1.807, 2.05) is 6.40 Å². The minimum absolute atomic E-state index is 1.83. The molecule has 0 bridgehead atoms. The van der Waals surface area contributed by atoms with Gasteiger partial charge in [0.05, 0.1) is 0 Å². The zero-order valence-electron chi connectivity index (χ0n) is 4.08. The normalized spacial score (nSPS) is 4.17. The molecular weight excluding hydrogens is 72.1 g/mol. The van der Waals surface area contributed by atoms with Gasteiger partial charge in [-0.05, 0) is 23.7 Å². The second-order valence-electron chi connectivity index (χ2n) is 0.519. The second kappa shape index (κ2) is 3.68. The van der Waals surface area contributed by atoms with Crippen molar-refractivity contribution in [3.05, 3.63) is 0 Å². The lowest BCUT2D eigenvalue weighted by Gasteiger charge is -1.43. The van der Waals surface area contributed by atoms with E-state index in [0.29, 0.717) is 0 Å². The number of terminal acetylenes is 2. The Bertz CT molecular complexity index is 186. The maximum absolute atomic E-state index is 6.25. The van der Waals surface area contributed by atoms with Gasteiger partial charge >= 0.3 is 0 Å². The number of rotatable bonds is 0. The molecule has 0 radical (unpaired) electrons. The first kappa shape index (κ1) is 2.89. The highest BCUT2D eigenvalue weighted by atomic mass is 13.4. The van der Waals surface area contributed by atoms with Gasteiger partial charge in [-0.3, -0.25) is 0 Å². The SMILES string of the molecule is [2H]C#CC#CC#C. The van der Waals surface area contributed by atoms with Crippen molar-refractivity contribution in [1.82, 2.24) is 0 Å². The van der Waals surface area contributed by atoms with Crippen molar-refractivity contribution in [1.29, 1.82) is 0 Å². The molecule has 0 aromatic heterocycles. The fourth-order valence-corrected chi connectivity index (χ4v) is 0.0673. The van der Waals surface area contributed by atoms with Crippen LogP contribution in [0.4, 0.5) is 0 Å². The van der Waals surface area contributed by atoms with Gasteiger partial charge in [-0.1, -0.05) is 0 Å². The van der Waals surface area contributed by atoms with Crippen LogP contribution in [0.5, 0.6) is 0 Å². The quantitative estimate of drug-likeness (QED) is 0.362. The Morgan fingerprint density at radius 1 is 1.33 bits per heavy atom. The molecule has 0 unspecified atom stereocenters. The molecule has 0 aliphatic rings. The third kappa shape index (κ3) is 2.68. The summed E-state index contributed by atoms with van der Waals surface area (Å²) in [5.74, 6) is 8.70. The van der Waals surface area contributed by atoms with Gasteiger partial charge in [-0.15, -0.1) is 12.8 Å². The maximum Gasteiger partial charge on any atom is 0.125 e. The average molecular weight is 75.1 g/mol. The zero-order chi connectivity index (χ0) is 5.54. The Kier molecular flexibility index (Phi) is 1.77. The van der Waals surface area contributed by atoms with Crippen LogP contribution in [0.2, 0.25) is 0 Å². The minimum atomic E-state index is 1.83. The Morgan fingerprint density at radius 3 is 2.50 bits per heavy atom. The zero-order valence-corrected chi connectivity index (χ0v) is 3.08. The Morgan fingerprint density at radius 2 is 2.00 bits per heavy atom. The van der Waals surface area contributed by atoms with Crippen LogP contribution in [0.25, 0.3) is 0 Å². The molecule has 6 heavy (non-hydrogen) atoms. The van der Waals surface area contributed by atoms with E-state index in [1.54, 1.807) is 0 Å². The Labute approximate surface area is 39.0 Å². The second-order valence-corrected chi connectivity index (χ2v) is 0.519. The molecule has 0 heteroatoms. The molecule has 0 aliphatic heterocycles. The van der Waals surface area contributed by atoms with Crippen LogP contribution >= 0.6 is 0 Å². The summed E-state index contributed by atoms with van der Waals surface area (Å²) in [6.07, 6.45) is 6.55. The molecule has 0 saturated carbocycles. The lowest BCUT2D eigenvalue weighted by atomic mass is 10.6. The van der Waals surface area contributed by atoms with Crippen molar-refractivity contribution in [2.24, 2.45) is 0 Å².